The minimum absolute atomic E-state index is 0.0103. The molecule has 0 heterocycles. The van der Waals surface area contributed by atoms with Gasteiger partial charge in [0, 0.05) is 6.54 Å². The van der Waals surface area contributed by atoms with Crippen LogP contribution in [0.4, 0.5) is 0 Å². The van der Waals surface area contributed by atoms with Crippen molar-refractivity contribution in [3.05, 3.63) is 0 Å². The van der Waals surface area contributed by atoms with Gasteiger partial charge in [-0.1, -0.05) is 46.5 Å². The molecule has 1 rings (SSSR count). The second-order valence-corrected chi connectivity index (χ2v) is 6.43. The Hall–Kier alpha value is -0.570. The molecular formula is C14H28N2O. The van der Waals surface area contributed by atoms with Crippen molar-refractivity contribution in [2.75, 3.05) is 6.54 Å². The van der Waals surface area contributed by atoms with Crippen molar-refractivity contribution in [3.63, 3.8) is 0 Å². The molecule has 100 valence electrons. The molecule has 1 unspecified atom stereocenters. The lowest BCUT2D eigenvalue weighted by Gasteiger charge is -2.25. The first-order valence-electron chi connectivity index (χ1n) is 6.94. The number of amides is 1. The summed E-state index contributed by atoms with van der Waals surface area (Å²) >= 11 is 0. The molecule has 0 spiro atoms. The fraction of sp³-hybridized carbons (Fsp3) is 0.929. The van der Waals surface area contributed by atoms with E-state index in [-0.39, 0.29) is 11.3 Å². The topological polar surface area (TPSA) is 55.1 Å². The van der Waals surface area contributed by atoms with Crippen LogP contribution >= 0.6 is 0 Å². The van der Waals surface area contributed by atoms with Gasteiger partial charge in [0.1, 0.15) is 0 Å². The molecule has 3 N–H and O–H groups in total. The fourth-order valence-corrected chi connectivity index (χ4v) is 2.40. The number of carbonyl (C=O) groups is 1. The van der Waals surface area contributed by atoms with Crippen LogP contribution in [-0.2, 0) is 4.79 Å². The lowest BCUT2D eigenvalue weighted by molar-refractivity contribution is -0.124. The van der Waals surface area contributed by atoms with Crippen LogP contribution in [0.2, 0.25) is 0 Å². The van der Waals surface area contributed by atoms with Crippen LogP contribution in [0.25, 0.3) is 0 Å². The van der Waals surface area contributed by atoms with Gasteiger partial charge in [0.15, 0.2) is 0 Å². The van der Waals surface area contributed by atoms with E-state index in [0.29, 0.717) is 0 Å². The summed E-state index contributed by atoms with van der Waals surface area (Å²) in [5.41, 5.74) is 5.73. The molecule has 0 aromatic rings. The average molecular weight is 240 g/mol. The molecule has 0 saturated heterocycles. The highest BCUT2D eigenvalue weighted by Crippen LogP contribution is 2.28. The Morgan fingerprint density at radius 3 is 2.47 bits per heavy atom. The summed E-state index contributed by atoms with van der Waals surface area (Å²) in [5.74, 6) is 0.895. The van der Waals surface area contributed by atoms with Crippen LogP contribution < -0.4 is 11.1 Å². The van der Waals surface area contributed by atoms with E-state index in [0.717, 1.165) is 18.9 Å². The summed E-state index contributed by atoms with van der Waals surface area (Å²) in [4.78, 5) is 11.7. The fourth-order valence-electron chi connectivity index (χ4n) is 2.40. The molecule has 0 aromatic carbocycles. The third-order valence-corrected chi connectivity index (χ3v) is 3.78. The summed E-state index contributed by atoms with van der Waals surface area (Å²) in [6.07, 6.45) is 7.90. The van der Waals surface area contributed by atoms with Crippen LogP contribution in [0.15, 0.2) is 0 Å². The van der Waals surface area contributed by atoms with Crippen molar-refractivity contribution >= 4 is 5.91 Å². The Labute approximate surface area is 106 Å². The first kappa shape index (κ1) is 14.5. The molecule has 17 heavy (non-hydrogen) atoms. The number of nitrogens with two attached hydrogens (primary N) is 1. The molecule has 0 aromatic heterocycles. The van der Waals surface area contributed by atoms with Gasteiger partial charge in [-0.3, -0.25) is 4.79 Å². The molecule has 1 saturated carbocycles. The third-order valence-electron chi connectivity index (χ3n) is 3.78. The van der Waals surface area contributed by atoms with Crippen molar-refractivity contribution in [1.29, 1.82) is 0 Å². The highest BCUT2D eigenvalue weighted by Gasteiger charge is 2.27. The standard InChI is InChI=1S/C14H28N2O/c1-14(2,3)12(15)13(17)16-10-6-9-11-7-4-5-8-11/h11-12H,4-10,15H2,1-3H3,(H,16,17). The van der Waals surface area contributed by atoms with Crippen molar-refractivity contribution < 1.29 is 4.79 Å². The Bertz CT molecular complexity index is 239. The van der Waals surface area contributed by atoms with Crippen LogP contribution in [-0.4, -0.2) is 18.5 Å². The Kier molecular flexibility index (Phi) is 5.44. The van der Waals surface area contributed by atoms with Crippen LogP contribution in [0, 0.1) is 11.3 Å². The molecule has 1 amide bonds. The van der Waals surface area contributed by atoms with E-state index in [1.807, 2.05) is 20.8 Å². The summed E-state index contributed by atoms with van der Waals surface area (Å²) in [6, 6.07) is -0.408. The van der Waals surface area contributed by atoms with Gasteiger partial charge >= 0.3 is 0 Å². The minimum atomic E-state index is -0.408. The van der Waals surface area contributed by atoms with E-state index in [9.17, 15) is 4.79 Å². The number of hydrogen-bond donors (Lipinski definition) is 2. The van der Waals surface area contributed by atoms with Gasteiger partial charge in [-0.25, -0.2) is 0 Å². The monoisotopic (exact) mass is 240 g/mol. The first-order chi connectivity index (χ1) is 7.91. The van der Waals surface area contributed by atoms with Gasteiger partial charge in [-0.15, -0.1) is 0 Å². The van der Waals surface area contributed by atoms with Crippen LogP contribution in [0.5, 0.6) is 0 Å². The highest BCUT2D eigenvalue weighted by molar-refractivity contribution is 5.82. The molecule has 1 aliphatic carbocycles. The number of carbonyl (C=O) groups excluding carboxylic acids is 1. The van der Waals surface area contributed by atoms with E-state index in [1.54, 1.807) is 0 Å². The summed E-state index contributed by atoms with van der Waals surface area (Å²) in [5, 5.41) is 2.95. The lowest BCUT2D eigenvalue weighted by Crippen LogP contribution is -2.48. The summed E-state index contributed by atoms with van der Waals surface area (Å²) in [6.45, 7) is 6.76. The van der Waals surface area contributed by atoms with E-state index >= 15 is 0 Å². The van der Waals surface area contributed by atoms with Gasteiger partial charge in [-0.05, 0) is 24.2 Å². The minimum Gasteiger partial charge on any atom is -0.355 e. The van der Waals surface area contributed by atoms with Crippen molar-refractivity contribution in [1.82, 2.24) is 5.32 Å². The maximum absolute atomic E-state index is 11.7. The molecule has 3 nitrogen and oxygen atoms in total. The predicted octanol–water partition coefficient (Wildman–Crippen LogP) is 2.45. The second kappa shape index (κ2) is 6.39. The average Bonchev–Trinajstić information content (AvgIpc) is 2.74. The van der Waals surface area contributed by atoms with Crippen molar-refractivity contribution in [2.45, 2.75) is 65.3 Å². The van der Waals surface area contributed by atoms with Crippen LogP contribution in [0.3, 0.4) is 0 Å². The van der Waals surface area contributed by atoms with Gasteiger partial charge in [0.2, 0.25) is 5.91 Å². The maximum atomic E-state index is 11.7. The molecule has 0 aliphatic heterocycles. The zero-order chi connectivity index (χ0) is 12.9. The van der Waals surface area contributed by atoms with Gasteiger partial charge < -0.3 is 11.1 Å². The zero-order valence-corrected chi connectivity index (χ0v) is 11.6. The van der Waals surface area contributed by atoms with Crippen molar-refractivity contribution in [3.8, 4) is 0 Å². The Morgan fingerprint density at radius 1 is 1.35 bits per heavy atom. The largest absolute Gasteiger partial charge is 0.355 e. The first-order valence-corrected chi connectivity index (χ1v) is 6.94. The zero-order valence-electron chi connectivity index (χ0n) is 11.6. The quantitative estimate of drug-likeness (QED) is 0.725. The molecule has 0 bridgehead atoms. The molecule has 1 fully saturated rings. The van der Waals surface area contributed by atoms with Gasteiger partial charge in [-0.2, -0.15) is 0 Å². The highest BCUT2D eigenvalue weighted by atomic mass is 16.2. The molecule has 0 radical (unpaired) electrons. The number of rotatable bonds is 5. The molecule has 1 atom stereocenters. The van der Waals surface area contributed by atoms with Crippen molar-refractivity contribution in [2.24, 2.45) is 17.1 Å². The Balaban J connectivity index is 2.11. The molecular weight excluding hydrogens is 212 g/mol. The molecule has 1 aliphatic rings. The number of hydrogen-bond acceptors (Lipinski definition) is 2. The van der Waals surface area contributed by atoms with E-state index in [1.165, 1.54) is 32.1 Å². The smallest absolute Gasteiger partial charge is 0.237 e. The summed E-state index contributed by atoms with van der Waals surface area (Å²) < 4.78 is 0. The normalized spacial score (nSPS) is 19.3. The van der Waals surface area contributed by atoms with E-state index in [4.69, 9.17) is 5.73 Å². The predicted molar refractivity (Wildman–Crippen MR) is 71.6 cm³/mol. The SMILES string of the molecule is CC(C)(C)C(N)C(=O)NCCCC1CCCC1. The second-order valence-electron chi connectivity index (χ2n) is 6.43. The number of nitrogens with one attached hydrogen (secondary N) is 1. The third kappa shape index (κ3) is 5.07. The molecule has 3 heteroatoms. The summed E-state index contributed by atoms with van der Waals surface area (Å²) in [7, 11) is 0. The lowest BCUT2D eigenvalue weighted by atomic mass is 9.87. The van der Waals surface area contributed by atoms with Gasteiger partial charge in [0.05, 0.1) is 6.04 Å². The van der Waals surface area contributed by atoms with E-state index < -0.39 is 6.04 Å². The van der Waals surface area contributed by atoms with Gasteiger partial charge in [0.25, 0.3) is 0 Å². The maximum Gasteiger partial charge on any atom is 0.237 e. The van der Waals surface area contributed by atoms with E-state index in [2.05, 4.69) is 5.32 Å². The van der Waals surface area contributed by atoms with Crippen LogP contribution in [0.1, 0.15) is 59.3 Å². The Morgan fingerprint density at radius 2 is 1.94 bits per heavy atom.